The second kappa shape index (κ2) is 3.66. The zero-order valence-corrected chi connectivity index (χ0v) is 7.39. The molecule has 2 nitrogen and oxygen atoms in total. The smallest absolute Gasteiger partial charge is 0.248 e. The molecule has 12 heavy (non-hydrogen) atoms. The average molecular weight is 178 g/mol. The van der Waals surface area contributed by atoms with Gasteiger partial charge in [0, 0.05) is 25.4 Å². The minimum atomic E-state index is -2.44. The predicted molar refractivity (Wildman–Crippen MR) is 43.8 cm³/mol. The summed E-state index contributed by atoms with van der Waals surface area (Å²) in [5.41, 5.74) is 0. The highest BCUT2D eigenvalue weighted by atomic mass is 19.3. The number of hydrogen-bond acceptors (Lipinski definition) is 2. The van der Waals surface area contributed by atoms with E-state index in [1.807, 2.05) is 6.92 Å². The van der Waals surface area contributed by atoms with Gasteiger partial charge in [-0.05, 0) is 12.8 Å². The lowest BCUT2D eigenvalue weighted by atomic mass is 9.92. The molecule has 0 unspecified atom stereocenters. The summed E-state index contributed by atoms with van der Waals surface area (Å²) in [4.78, 5) is 0. The fourth-order valence-electron chi connectivity index (χ4n) is 1.61. The standard InChI is InChI=1S/C8H16F2N2/c1-2-12(11)7-3-5-8(9,10)6-4-7/h7H,2-6,11H2,1H3. The third-order valence-corrected chi connectivity index (χ3v) is 2.52. The molecule has 0 heterocycles. The molecule has 0 radical (unpaired) electrons. The van der Waals surface area contributed by atoms with Crippen LogP contribution < -0.4 is 5.84 Å². The van der Waals surface area contributed by atoms with Crippen LogP contribution in [0.25, 0.3) is 0 Å². The van der Waals surface area contributed by atoms with Gasteiger partial charge in [0.2, 0.25) is 5.92 Å². The van der Waals surface area contributed by atoms with Crippen LogP contribution in [0.2, 0.25) is 0 Å². The molecule has 0 aliphatic heterocycles. The Morgan fingerprint density at radius 2 is 1.92 bits per heavy atom. The highest BCUT2D eigenvalue weighted by molar-refractivity contribution is 4.81. The van der Waals surface area contributed by atoms with E-state index in [9.17, 15) is 8.78 Å². The summed E-state index contributed by atoms with van der Waals surface area (Å²) in [6, 6.07) is 0.162. The average Bonchev–Trinajstić information content (AvgIpc) is 2.03. The second-order valence-corrected chi connectivity index (χ2v) is 3.42. The zero-order valence-electron chi connectivity index (χ0n) is 7.39. The molecule has 1 rings (SSSR count). The van der Waals surface area contributed by atoms with Crippen molar-refractivity contribution in [3.05, 3.63) is 0 Å². The van der Waals surface area contributed by atoms with Crippen LogP contribution in [0.15, 0.2) is 0 Å². The van der Waals surface area contributed by atoms with E-state index < -0.39 is 5.92 Å². The van der Waals surface area contributed by atoms with Crippen LogP contribution in [0.5, 0.6) is 0 Å². The van der Waals surface area contributed by atoms with Crippen molar-refractivity contribution >= 4 is 0 Å². The molecule has 1 aliphatic carbocycles. The molecule has 1 aliphatic rings. The molecule has 0 saturated heterocycles. The Kier molecular flexibility index (Phi) is 3.01. The zero-order chi connectivity index (χ0) is 9.19. The van der Waals surface area contributed by atoms with Gasteiger partial charge in [-0.2, -0.15) is 0 Å². The topological polar surface area (TPSA) is 29.3 Å². The maximum atomic E-state index is 12.7. The van der Waals surface area contributed by atoms with Crippen LogP contribution in [0.3, 0.4) is 0 Å². The van der Waals surface area contributed by atoms with Crippen LogP contribution in [-0.4, -0.2) is 23.5 Å². The van der Waals surface area contributed by atoms with Crippen molar-refractivity contribution in [2.45, 2.75) is 44.6 Å². The second-order valence-electron chi connectivity index (χ2n) is 3.42. The van der Waals surface area contributed by atoms with Crippen molar-refractivity contribution < 1.29 is 8.78 Å². The fraction of sp³-hybridized carbons (Fsp3) is 1.00. The molecule has 0 bridgehead atoms. The minimum absolute atomic E-state index is 0.00856. The summed E-state index contributed by atoms with van der Waals surface area (Å²) in [6.45, 7) is 2.67. The summed E-state index contributed by atoms with van der Waals surface area (Å²) >= 11 is 0. The van der Waals surface area contributed by atoms with E-state index in [-0.39, 0.29) is 18.9 Å². The van der Waals surface area contributed by atoms with Crippen LogP contribution in [0.4, 0.5) is 8.78 Å². The SMILES string of the molecule is CCN(N)C1CCC(F)(F)CC1. The molecule has 0 spiro atoms. The van der Waals surface area contributed by atoms with Gasteiger partial charge >= 0.3 is 0 Å². The van der Waals surface area contributed by atoms with E-state index in [4.69, 9.17) is 5.84 Å². The summed E-state index contributed by atoms with van der Waals surface area (Å²) < 4.78 is 25.4. The van der Waals surface area contributed by atoms with Gasteiger partial charge in [0.05, 0.1) is 0 Å². The van der Waals surface area contributed by atoms with E-state index in [1.165, 1.54) is 0 Å². The number of nitrogens with zero attached hydrogens (tertiary/aromatic N) is 1. The van der Waals surface area contributed by atoms with Gasteiger partial charge in [-0.1, -0.05) is 6.92 Å². The van der Waals surface area contributed by atoms with E-state index in [1.54, 1.807) is 5.01 Å². The van der Waals surface area contributed by atoms with Crippen molar-refractivity contribution in [3.8, 4) is 0 Å². The Hall–Kier alpha value is -0.220. The third-order valence-electron chi connectivity index (χ3n) is 2.52. The van der Waals surface area contributed by atoms with Gasteiger partial charge in [0.1, 0.15) is 0 Å². The van der Waals surface area contributed by atoms with Gasteiger partial charge in [0.25, 0.3) is 0 Å². The Bertz CT molecular complexity index is 140. The summed E-state index contributed by atoms with van der Waals surface area (Å²) in [6.07, 6.45) is 1.03. The monoisotopic (exact) mass is 178 g/mol. The first-order valence-electron chi connectivity index (χ1n) is 4.44. The third kappa shape index (κ3) is 2.38. The van der Waals surface area contributed by atoms with E-state index >= 15 is 0 Å². The first-order valence-corrected chi connectivity index (χ1v) is 4.44. The summed E-state index contributed by atoms with van der Waals surface area (Å²) in [5.74, 6) is 3.19. The maximum Gasteiger partial charge on any atom is 0.248 e. The Morgan fingerprint density at radius 3 is 2.33 bits per heavy atom. The summed E-state index contributed by atoms with van der Waals surface area (Å²) in [5, 5.41) is 1.66. The minimum Gasteiger partial charge on any atom is -0.269 e. The Morgan fingerprint density at radius 1 is 1.42 bits per heavy atom. The van der Waals surface area contributed by atoms with Crippen molar-refractivity contribution in [1.29, 1.82) is 0 Å². The highest BCUT2D eigenvalue weighted by Gasteiger charge is 2.35. The van der Waals surface area contributed by atoms with Gasteiger partial charge < -0.3 is 0 Å². The van der Waals surface area contributed by atoms with Crippen molar-refractivity contribution in [2.75, 3.05) is 6.54 Å². The maximum absolute atomic E-state index is 12.7. The van der Waals surface area contributed by atoms with Gasteiger partial charge in [0.15, 0.2) is 0 Å². The molecular formula is C8H16F2N2. The molecule has 0 atom stereocenters. The van der Waals surface area contributed by atoms with Crippen LogP contribution in [0, 0.1) is 0 Å². The number of hydrazine groups is 1. The Balaban J connectivity index is 2.36. The highest BCUT2D eigenvalue weighted by Crippen LogP contribution is 2.34. The molecule has 0 aromatic heterocycles. The van der Waals surface area contributed by atoms with E-state index in [0.717, 1.165) is 6.54 Å². The molecule has 0 aromatic rings. The number of halogens is 2. The molecular weight excluding hydrogens is 162 g/mol. The molecule has 0 amide bonds. The molecule has 4 heteroatoms. The first-order chi connectivity index (χ1) is 5.55. The lowest BCUT2D eigenvalue weighted by molar-refractivity contribution is -0.0534. The number of alkyl halides is 2. The van der Waals surface area contributed by atoms with Crippen LogP contribution >= 0.6 is 0 Å². The van der Waals surface area contributed by atoms with Crippen LogP contribution in [0.1, 0.15) is 32.6 Å². The molecule has 1 saturated carbocycles. The molecule has 2 N–H and O–H groups in total. The van der Waals surface area contributed by atoms with Gasteiger partial charge in [-0.3, -0.25) is 5.84 Å². The largest absolute Gasteiger partial charge is 0.269 e. The lowest BCUT2D eigenvalue weighted by Crippen LogP contribution is -2.44. The number of hydrogen-bond donors (Lipinski definition) is 1. The van der Waals surface area contributed by atoms with Gasteiger partial charge in [-0.15, -0.1) is 0 Å². The molecule has 1 fully saturated rings. The number of rotatable bonds is 2. The molecule has 0 aromatic carbocycles. The Labute approximate surface area is 71.7 Å². The van der Waals surface area contributed by atoms with Crippen molar-refractivity contribution in [2.24, 2.45) is 5.84 Å². The number of nitrogens with two attached hydrogens (primary N) is 1. The normalized spacial score (nSPS) is 24.8. The summed E-state index contributed by atoms with van der Waals surface area (Å²) in [7, 11) is 0. The van der Waals surface area contributed by atoms with Crippen molar-refractivity contribution in [3.63, 3.8) is 0 Å². The van der Waals surface area contributed by atoms with Crippen LogP contribution in [-0.2, 0) is 0 Å². The quantitative estimate of drug-likeness (QED) is 0.515. The predicted octanol–water partition coefficient (Wildman–Crippen LogP) is 1.76. The first kappa shape index (κ1) is 9.86. The van der Waals surface area contributed by atoms with Crippen molar-refractivity contribution in [1.82, 2.24) is 5.01 Å². The lowest BCUT2D eigenvalue weighted by Gasteiger charge is -2.33. The van der Waals surface area contributed by atoms with E-state index in [0.29, 0.717) is 12.8 Å². The van der Waals surface area contributed by atoms with E-state index in [2.05, 4.69) is 0 Å². The fourth-order valence-corrected chi connectivity index (χ4v) is 1.61. The van der Waals surface area contributed by atoms with Gasteiger partial charge in [-0.25, -0.2) is 13.8 Å². The molecule has 72 valence electrons.